The first-order valence-corrected chi connectivity index (χ1v) is 27.7. The van der Waals surface area contributed by atoms with Crippen molar-refractivity contribution in [1.82, 2.24) is 0 Å². The molecule has 0 bridgehead atoms. The molecule has 0 heterocycles. The fraction of sp³-hybridized carbons (Fsp3) is 0.946. The van der Waals surface area contributed by atoms with E-state index in [0.717, 1.165) is 69.6 Å². The number of ether oxygens (including phenoxy) is 3. The minimum atomic E-state index is -0.762. The van der Waals surface area contributed by atoms with Crippen LogP contribution in [0.25, 0.3) is 0 Å². The third-order valence-electron chi connectivity index (χ3n) is 12.7. The Kier molecular flexibility index (Phi) is 47.6. The minimum absolute atomic E-state index is 0.0635. The monoisotopic (exact) mass is 877 g/mol. The highest BCUT2D eigenvalue weighted by molar-refractivity contribution is 5.71. The lowest BCUT2D eigenvalue weighted by atomic mass is 10.0. The van der Waals surface area contributed by atoms with Gasteiger partial charge in [-0.2, -0.15) is 0 Å². The molecule has 0 aliphatic heterocycles. The molecule has 0 rings (SSSR count). The van der Waals surface area contributed by atoms with Gasteiger partial charge in [0, 0.05) is 19.3 Å². The zero-order valence-corrected chi connectivity index (χ0v) is 42.5. The fourth-order valence-electron chi connectivity index (χ4n) is 8.52. The average molecular weight is 877 g/mol. The van der Waals surface area contributed by atoms with Crippen LogP contribution in [-0.2, 0) is 28.6 Å². The molecule has 0 amide bonds. The summed E-state index contributed by atoms with van der Waals surface area (Å²) in [5.41, 5.74) is 0. The topological polar surface area (TPSA) is 78.9 Å². The van der Waals surface area contributed by atoms with Crippen molar-refractivity contribution in [2.75, 3.05) is 13.2 Å². The van der Waals surface area contributed by atoms with Gasteiger partial charge in [-0.15, -0.1) is 0 Å². The van der Waals surface area contributed by atoms with Crippen molar-refractivity contribution >= 4 is 17.9 Å². The molecule has 6 heteroatoms. The molecule has 0 unspecified atom stereocenters. The van der Waals surface area contributed by atoms with E-state index in [1.807, 2.05) is 0 Å². The highest BCUT2D eigenvalue weighted by Gasteiger charge is 2.19. The second kappa shape index (κ2) is 48.9. The molecule has 0 saturated heterocycles. The molecule has 1 atom stereocenters. The predicted octanol–water partition coefficient (Wildman–Crippen LogP) is 18.1. The van der Waals surface area contributed by atoms with E-state index in [0.29, 0.717) is 19.3 Å². The molecular formula is C56H108O6. The average Bonchev–Trinajstić information content (AvgIpc) is 3.24. The van der Waals surface area contributed by atoms with Crippen molar-refractivity contribution in [3.63, 3.8) is 0 Å². The van der Waals surface area contributed by atoms with Gasteiger partial charge >= 0.3 is 17.9 Å². The van der Waals surface area contributed by atoms with Gasteiger partial charge in [0.05, 0.1) is 0 Å². The van der Waals surface area contributed by atoms with Gasteiger partial charge in [-0.1, -0.05) is 272 Å². The predicted molar refractivity (Wildman–Crippen MR) is 266 cm³/mol. The molecule has 0 aromatic heterocycles. The first kappa shape index (κ1) is 60.4. The maximum absolute atomic E-state index is 12.8. The standard InChI is InChI=1S/C56H108O6/c1-6-7-8-9-10-11-12-13-14-15-19-22-25-31-36-41-46-54(57)60-49-53(62-56(59)48-43-38-33-28-27-30-35-40-45-52(4)5)50-61-55(58)47-42-37-32-26-23-20-17-16-18-21-24-29-34-39-44-51(2)3/h51-53H,6-50H2,1-5H3/t53-/m1/s1. The van der Waals surface area contributed by atoms with Crippen LogP contribution in [-0.4, -0.2) is 37.2 Å². The molecule has 0 spiro atoms. The third kappa shape index (κ3) is 49.4. The summed E-state index contributed by atoms with van der Waals surface area (Å²) in [6.07, 6.45) is 51.0. The van der Waals surface area contributed by atoms with E-state index in [1.165, 1.54) is 199 Å². The molecule has 0 aromatic rings. The summed E-state index contributed by atoms with van der Waals surface area (Å²) in [6, 6.07) is 0. The van der Waals surface area contributed by atoms with E-state index in [9.17, 15) is 14.4 Å². The van der Waals surface area contributed by atoms with Gasteiger partial charge in [0.1, 0.15) is 13.2 Å². The molecule has 0 aromatic carbocycles. The lowest BCUT2D eigenvalue weighted by Gasteiger charge is -2.18. The molecule has 62 heavy (non-hydrogen) atoms. The molecular weight excluding hydrogens is 769 g/mol. The zero-order valence-electron chi connectivity index (χ0n) is 42.5. The lowest BCUT2D eigenvalue weighted by molar-refractivity contribution is -0.167. The Hall–Kier alpha value is -1.59. The summed E-state index contributed by atoms with van der Waals surface area (Å²) in [6.45, 7) is 11.4. The molecule has 368 valence electrons. The zero-order chi connectivity index (χ0) is 45.4. The van der Waals surface area contributed by atoms with Crippen LogP contribution in [0.1, 0.15) is 311 Å². The Labute approximate surface area is 387 Å². The Morgan fingerprint density at radius 3 is 0.790 bits per heavy atom. The van der Waals surface area contributed by atoms with E-state index < -0.39 is 6.10 Å². The quantitative estimate of drug-likeness (QED) is 0.0344. The van der Waals surface area contributed by atoms with Gasteiger partial charge in [-0.25, -0.2) is 0 Å². The summed E-state index contributed by atoms with van der Waals surface area (Å²) in [4.78, 5) is 38.0. The van der Waals surface area contributed by atoms with E-state index in [4.69, 9.17) is 14.2 Å². The number of carbonyl (C=O) groups is 3. The number of unbranched alkanes of at least 4 members (excludes halogenated alkanes) is 35. The maximum atomic E-state index is 12.8. The van der Waals surface area contributed by atoms with Crippen molar-refractivity contribution in [3.05, 3.63) is 0 Å². The molecule has 0 fully saturated rings. The molecule has 0 aliphatic carbocycles. The van der Waals surface area contributed by atoms with Crippen LogP contribution in [0.5, 0.6) is 0 Å². The van der Waals surface area contributed by atoms with Crippen LogP contribution in [0.2, 0.25) is 0 Å². The van der Waals surface area contributed by atoms with Crippen LogP contribution in [0, 0.1) is 11.8 Å². The Morgan fingerprint density at radius 2 is 0.532 bits per heavy atom. The Balaban J connectivity index is 4.26. The molecule has 0 N–H and O–H groups in total. The highest BCUT2D eigenvalue weighted by Crippen LogP contribution is 2.18. The normalized spacial score (nSPS) is 12.0. The van der Waals surface area contributed by atoms with E-state index >= 15 is 0 Å². The van der Waals surface area contributed by atoms with Gasteiger partial charge < -0.3 is 14.2 Å². The summed E-state index contributed by atoms with van der Waals surface area (Å²) in [5, 5.41) is 0. The third-order valence-corrected chi connectivity index (χ3v) is 12.7. The van der Waals surface area contributed by atoms with Gasteiger partial charge in [-0.05, 0) is 31.1 Å². The van der Waals surface area contributed by atoms with Gasteiger partial charge in [0.25, 0.3) is 0 Å². The van der Waals surface area contributed by atoms with Crippen LogP contribution in [0.4, 0.5) is 0 Å². The van der Waals surface area contributed by atoms with Crippen LogP contribution < -0.4 is 0 Å². The van der Waals surface area contributed by atoms with Gasteiger partial charge in [-0.3, -0.25) is 14.4 Å². The van der Waals surface area contributed by atoms with Crippen molar-refractivity contribution in [3.8, 4) is 0 Å². The van der Waals surface area contributed by atoms with Gasteiger partial charge in [0.2, 0.25) is 0 Å². The second-order valence-electron chi connectivity index (χ2n) is 20.2. The second-order valence-corrected chi connectivity index (χ2v) is 20.2. The van der Waals surface area contributed by atoms with Crippen LogP contribution in [0.15, 0.2) is 0 Å². The smallest absolute Gasteiger partial charge is 0.306 e. The number of esters is 3. The summed E-state index contributed by atoms with van der Waals surface area (Å²) in [5.74, 6) is 0.793. The minimum Gasteiger partial charge on any atom is -0.462 e. The summed E-state index contributed by atoms with van der Waals surface area (Å²) >= 11 is 0. The molecule has 0 aliphatic rings. The van der Waals surface area contributed by atoms with Gasteiger partial charge in [0.15, 0.2) is 6.10 Å². The largest absolute Gasteiger partial charge is 0.462 e. The van der Waals surface area contributed by atoms with E-state index in [2.05, 4.69) is 34.6 Å². The first-order valence-electron chi connectivity index (χ1n) is 27.7. The highest BCUT2D eigenvalue weighted by atomic mass is 16.6. The number of carbonyl (C=O) groups excluding carboxylic acids is 3. The Morgan fingerprint density at radius 1 is 0.306 bits per heavy atom. The van der Waals surface area contributed by atoms with Crippen molar-refractivity contribution in [2.24, 2.45) is 11.8 Å². The molecule has 0 radical (unpaired) electrons. The molecule has 6 nitrogen and oxygen atoms in total. The SMILES string of the molecule is CCCCCCCCCCCCCCCCCCC(=O)OC[C@H](COC(=O)CCCCCCCCCCCCCCCCC(C)C)OC(=O)CCCCCCCCCCC(C)C. The lowest BCUT2D eigenvalue weighted by Crippen LogP contribution is -2.30. The van der Waals surface area contributed by atoms with E-state index in [-0.39, 0.29) is 31.1 Å². The number of hydrogen-bond donors (Lipinski definition) is 0. The van der Waals surface area contributed by atoms with Crippen molar-refractivity contribution in [1.29, 1.82) is 0 Å². The van der Waals surface area contributed by atoms with Crippen LogP contribution in [0.3, 0.4) is 0 Å². The first-order chi connectivity index (χ1) is 30.2. The summed E-state index contributed by atoms with van der Waals surface area (Å²) in [7, 11) is 0. The number of hydrogen-bond acceptors (Lipinski definition) is 6. The van der Waals surface area contributed by atoms with Crippen LogP contribution >= 0.6 is 0 Å². The maximum Gasteiger partial charge on any atom is 0.306 e. The summed E-state index contributed by atoms with van der Waals surface area (Å²) < 4.78 is 16.8. The number of rotatable bonds is 50. The van der Waals surface area contributed by atoms with E-state index in [1.54, 1.807) is 0 Å². The molecule has 0 saturated carbocycles. The van der Waals surface area contributed by atoms with Crippen molar-refractivity contribution < 1.29 is 28.6 Å². The van der Waals surface area contributed by atoms with Crippen molar-refractivity contribution in [2.45, 2.75) is 317 Å². The Bertz CT molecular complexity index is 947. The fourth-order valence-corrected chi connectivity index (χ4v) is 8.52.